The SMILES string of the molecule is N#Cc1cc(Br)ccc1-n1ccc(C(=O)O)n1. The Bertz CT molecular complexity index is 628. The summed E-state index contributed by atoms with van der Waals surface area (Å²) in [7, 11) is 0. The summed E-state index contributed by atoms with van der Waals surface area (Å²) in [6, 6.07) is 8.52. The fourth-order valence-corrected chi connectivity index (χ4v) is 1.73. The van der Waals surface area contributed by atoms with Gasteiger partial charge in [-0.05, 0) is 24.3 Å². The summed E-state index contributed by atoms with van der Waals surface area (Å²) in [6.45, 7) is 0. The molecular formula is C11H6BrN3O2. The highest BCUT2D eigenvalue weighted by Crippen LogP contribution is 2.19. The maximum Gasteiger partial charge on any atom is 0.356 e. The Morgan fingerprint density at radius 3 is 2.82 bits per heavy atom. The van der Waals surface area contributed by atoms with Crippen LogP contribution in [-0.4, -0.2) is 20.9 Å². The molecule has 1 aromatic heterocycles. The monoisotopic (exact) mass is 291 g/mol. The van der Waals surface area contributed by atoms with Gasteiger partial charge in [0.05, 0.1) is 11.3 Å². The second-order valence-corrected chi connectivity index (χ2v) is 4.14. The van der Waals surface area contributed by atoms with Crippen LogP contribution in [0.2, 0.25) is 0 Å². The quantitative estimate of drug-likeness (QED) is 0.920. The Morgan fingerprint density at radius 2 is 2.24 bits per heavy atom. The Morgan fingerprint density at radius 1 is 1.47 bits per heavy atom. The van der Waals surface area contributed by atoms with Gasteiger partial charge in [-0.25, -0.2) is 9.48 Å². The van der Waals surface area contributed by atoms with Gasteiger partial charge >= 0.3 is 5.97 Å². The summed E-state index contributed by atoms with van der Waals surface area (Å²) in [5, 5.41) is 21.6. The Kier molecular flexibility index (Phi) is 2.93. The molecule has 0 fully saturated rings. The van der Waals surface area contributed by atoms with Gasteiger partial charge in [-0.3, -0.25) is 0 Å². The highest BCUT2D eigenvalue weighted by atomic mass is 79.9. The lowest BCUT2D eigenvalue weighted by molar-refractivity contribution is 0.0690. The van der Waals surface area contributed by atoms with Crippen molar-refractivity contribution in [3.8, 4) is 11.8 Å². The molecule has 0 radical (unpaired) electrons. The summed E-state index contributed by atoms with van der Waals surface area (Å²) >= 11 is 3.26. The maximum absolute atomic E-state index is 10.7. The molecule has 0 amide bonds. The number of carbonyl (C=O) groups is 1. The number of aromatic nitrogens is 2. The van der Waals surface area contributed by atoms with E-state index >= 15 is 0 Å². The van der Waals surface area contributed by atoms with Crippen LogP contribution >= 0.6 is 15.9 Å². The molecule has 0 atom stereocenters. The highest BCUT2D eigenvalue weighted by Gasteiger charge is 2.10. The van der Waals surface area contributed by atoms with Crippen LogP contribution in [0, 0.1) is 11.3 Å². The van der Waals surface area contributed by atoms with Crippen molar-refractivity contribution in [1.29, 1.82) is 5.26 Å². The first kappa shape index (κ1) is 11.4. The van der Waals surface area contributed by atoms with E-state index in [-0.39, 0.29) is 5.69 Å². The molecule has 0 aliphatic carbocycles. The molecule has 17 heavy (non-hydrogen) atoms. The van der Waals surface area contributed by atoms with Crippen molar-refractivity contribution in [3.63, 3.8) is 0 Å². The second-order valence-electron chi connectivity index (χ2n) is 3.22. The van der Waals surface area contributed by atoms with Gasteiger partial charge in [0.2, 0.25) is 0 Å². The largest absolute Gasteiger partial charge is 0.476 e. The van der Waals surface area contributed by atoms with Gasteiger partial charge < -0.3 is 5.11 Å². The standard InChI is InChI=1S/C11H6BrN3O2/c12-8-1-2-10(7(5-8)6-13)15-4-3-9(14-15)11(16)17/h1-5H,(H,16,17). The minimum Gasteiger partial charge on any atom is -0.476 e. The molecule has 5 nitrogen and oxygen atoms in total. The normalized spacial score (nSPS) is 9.88. The van der Waals surface area contributed by atoms with Crippen molar-refractivity contribution in [2.45, 2.75) is 0 Å². The zero-order valence-electron chi connectivity index (χ0n) is 8.46. The Hall–Kier alpha value is -2.13. The summed E-state index contributed by atoms with van der Waals surface area (Å²) in [4.78, 5) is 10.7. The van der Waals surface area contributed by atoms with E-state index in [4.69, 9.17) is 10.4 Å². The molecule has 0 aliphatic heterocycles. The molecule has 0 aliphatic rings. The van der Waals surface area contributed by atoms with Crippen LogP contribution in [0.3, 0.4) is 0 Å². The van der Waals surface area contributed by atoms with Crippen LogP contribution in [0.4, 0.5) is 0 Å². The minimum absolute atomic E-state index is 0.0585. The molecular weight excluding hydrogens is 286 g/mol. The zero-order valence-corrected chi connectivity index (χ0v) is 10.0. The van der Waals surface area contributed by atoms with Crippen LogP contribution in [0.25, 0.3) is 5.69 Å². The third kappa shape index (κ3) is 2.19. The molecule has 6 heteroatoms. The Balaban J connectivity index is 2.53. The van der Waals surface area contributed by atoms with Crippen LogP contribution in [0.15, 0.2) is 34.9 Å². The van der Waals surface area contributed by atoms with Crippen molar-refractivity contribution in [3.05, 3.63) is 46.2 Å². The number of halogens is 1. The molecule has 84 valence electrons. The predicted molar refractivity (Wildman–Crippen MR) is 62.9 cm³/mol. The number of hydrogen-bond donors (Lipinski definition) is 1. The van der Waals surface area contributed by atoms with Gasteiger partial charge in [0.1, 0.15) is 6.07 Å². The van der Waals surface area contributed by atoms with E-state index in [1.165, 1.54) is 16.9 Å². The van der Waals surface area contributed by atoms with Crippen molar-refractivity contribution >= 4 is 21.9 Å². The second kappa shape index (κ2) is 4.39. The van der Waals surface area contributed by atoms with Crippen molar-refractivity contribution in [1.82, 2.24) is 9.78 Å². The molecule has 2 rings (SSSR count). The summed E-state index contributed by atoms with van der Waals surface area (Å²) < 4.78 is 2.15. The van der Waals surface area contributed by atoms with E-state index in [1.807, 2.05) is 6.07 Å². The van der Waals surface area contributed by atoms with Crippen molar-refractivity contribution < 1.29 is 9.90 Å². The zero-order chi connectivity index (χ0) is 12.4. The average Bonchev–Trinajstić information content (AvgIpc) is 2.78. The van der Waals surface area contributed by atoms with Gasteiger partial charge in [-0.15, -0.1) is 0 Å². The third-order valence-electron chi connectivity index (χ3n) is 2.13. The van der Waals surface area contributed by atoms with Gasteiger partial charge in [0.25, 0.3) is 0 Å². The highest BCUT2D eigenvalue weighted by molar-refractivity contribution is 9.10. The van der Waals surface area contributed by atoms with Gasteiger partial charge in [-0.1, -0.05) is 15.9 Å². The predicted octanol–water partition coefficient (Wildman–Crippen LogP) is 2.20. The number of nitriles is 1. The molecule has 2 aromatic rings. The smallest absolute Gasteiger partial charge is 0.356 e. The van der Waals surface area contributed by atoms with E-state index in [0.717, 1.165) is 4.47 Å². The lowest BCUT2D eigenvalue weighted by Crippen LogP contribution is -2.02. The molecule has 0 saturated heterocycles. The number of rotatable bonds is 2. The van der Waals surface area contributed by atoms with E-state index in [9.17, 15) is 4.79 Å². The van der Waals surface area contributed by atoms with Crippen LogP contribution in [-0.2, 0) is 0 Å². The first-order valence-electron chi connectivity index (χ1n) is 4.61. The lowest BCUT2D eigenvalue weighted by Gasteiger charge is -2.03. The first-order chi connectivity index (χ1) is 8.11. The summed E-state index contributed by atoms with van der Waals surface area (Å²) in [5.74, 6) is -1.10. The molecule has 1 heterocycles. The third-order valence-corrected chi connectivity index (χ3v) is 2.63. The topological polar surface area (TPSA) is 78.9 Å². The number of hydrogen-bond acceptors (Lipinski definition) is 3. The molecule has 0 spiro atoms. The fraction of sp³-hybridized carbons (Fsp3) is 0. The molecule has 0 saturated carbocycles. The van der Waals surface area contributed by atoms with Gasteiger partial charge in [0.15, 0.2) is 5.69 Å². The number of aromatic carboxylic acids is 1. The lowest BCUT2D eigenvalue weighted by atomic mass is 10.2. The number of carboxylic acid groups (broad SMARTS) is 1. The fourth-order valence-electron chi connectivity index (χ4n) is 1.37. The summed E-state index contributed by atoms with van der Waals surface area (Å²) in [5.41, 5.74) is 0.902. The van der Waals surface area contributed by atoms with Crippen LogP contribution in [0.1, 0.15) is 16.1 Å². The molecule has 0 bridgehead atoms. The number of nitrogens with zero attached hydrogens (tertiary/aromatic N) is 3. The Labute approximate surface area is 105 Å². The number of benzene rings is 1. The summed E-state index contributed by atoms with van der Waals surface area (Å²) in [6.07, 6.45) is 1.51. The van der Waals surface area contributed by atoms with Crippen LogP contribution in [0.5, 0.6) is 0 Å². The average molecular weight is 292 g/mol. The van der Waals surface area contributed by atoms with Crippen LogP contribution < -0.4 is 0 Å². The molecule has 1 N–H and O–H groups in total. The van der Waals surface area contributed by atoms with Gasteiger partial charge in [-0.2, -0.15) is 10.4 Å². The van der Waals surface area contributed by atoms with E-state index in [0.29, 0.717) is 11.3 Å². The van der Waals surface area contributed by atoms with Crippen molar-refractivity contribution in [2.75, 3.05) is 0 Å². The number of carboxylic acids is 1. The molecule has 1 aromatic carbocycles. The maximum atomic E-state index is 10.7. The molecule has 0 unspecified atom stereocenters. The van der Waals surface area contributed by atoms with E-state index in [2.05, 4.69) is 21.0 Å². The van der Waals surface area contributed by atoms with Crippen molar-refractivity contribution in [2.24, 2.45) is 0 Å². The van der Waals surface area contributed by atoms with Gasteiger partial charge in [0, 0.05) is 10.7 Å². The van der Waals surface area contributed by atoms with E-state index in [1.54, 1.807) is 18.2 Å². The first-order valence-corrected chi connectivity index (χ1v) is 5.40. The van der Waals surface area contributed by atoms with E-state index < -0.39 is 5.97 Å². The minimum atomic E-state index is -1.10.